The van der Waals surface area contributed by atoms with Crippen LogP contribution in [0.5, 0.6) is 5.75 Å². The van der Waals surface area contributed by atoms with Gasteiger partial charge in [0.2, 0.25) is 0 Å². The van der Waals surface area contributed by atoms with E-state index < -0.39 is 0 Å². The molecule has 1 fully saturated rings. The number of allylic oxidation sites excluding steroid dienone is 5. The predicted molar refractivity (Wildman–Crippen MR) is 99.4 cm³/mol. The summed E-state index contributed by atoms with van der Waals surface area (Å²) in [4.78, 5) is 12.4. The molecule has 2 aliphatic heterocycles. The molecule has 5 nitrogen and oxygen atoms in total. The van der Waals surface area contributed by atoms with Crippen LogP contribution in [0.2, 0.25) is 0 Å². The smallest absolute Gasteiger partial charge is 0.291 e. The molecule has 0 radical (unpaired) electrons. The predicted octanol–water partition coefficient (Wildman–Crippen LogP) is 3.47. The molecular weight excluding hydrogens is 314 g/mol. The summed E-state index contributed by atoms with van der Waals surface area (Å²) in [6.45, 7) is 1.78. The molecule has 1 aromatic rings. The summed E-state index contributed by atoms with van der Waals surface area (Å²) in [5.41, 5.74) is 3.74. The monoisotopic (exact) mass is 335 g/mol. The van der Waals surface area contributed by atoms with Crippen LogP contribution in [-0.2, 0) is 4.79 Å². The molecule has 0 saturated carbocycles. The lowest BCUT2D eigenvalue weighted by atomic mass is 10.0. The molecule has 0 unspecified atom stereocenters. The highest BCUT2D eigenvalue weighted by atomic mass is 16.5. The Labute approximate surface area is 147 Å². The van der Waals surface area contributed by atoms with Crippen molar-refractivity contribution in [1.82, 2.24) is 5.32 Å². The molecule has 25 heavy (non-hydrogen) atoms. The van der Waals surface area contributed by atoms with E-state index in [1.807, 2.05) is 36.4 Å². The average Bonchev–Trinajstić information content (AvgIpc) is 2.90. The van der Waals surface area contributed by atoms with Gasteiger partial charge >= 0.3 is 0 Å². The van der Waals surface area contributed by atoms with Crippen LogP contribution in [0.25, 0.3) is 0 Å². The van der Waals surface area contributed by atoms with Crippen LogP contribution in [0.4, 0.5) is 11.4 Å². The number of carbonyl (C=O) groups excluding carboxylic acids is 1. The third-order valence-electron chi connectivity index (χ3n) is 4.46. The van der Waals surface area contributed by atoms with Crippen molar-refractivity contribution in [1.29, 1.82) is 0 Å². The van der Waals surface area contributed by atoms with Crippen LogP contribution in [-0.4, -0.2) is 19.0 Å². The summed E-state index contributed by atoms with van der Waals surface area (Å²) in [6, 6.07) is 5.77. The first-order chi connectivity index (χ1) is 12.3. The van der Waals surface area contributed by atoms with E-state index in [1.165, 1.54) is 0 Å². The number of carbonyl (C=O) groups is 1. The van der Waals surface area contributed by atoms with Crippen LogP contribution < -0.4 is 20.7 Å². The number of nitrogens with one attached hydrogen (secondary N) is 3. The van der Waals surface area contributed by atoms with Crippen molar-refractivity contribution in [3.63, 3.8) is 0 Å². The molecule has 0 atom stereocenters. The van der Waals surface area contributed by atoms with E-state index in [1.54, 1.807) is 0 Å². The van der Waals surface area contributed by atoms with Gasteiger partial charge in [-0.1, -0.05) is 24.3 Å². The van der Waals surface area contributed by atoms with Gasteiger partial charge in [0.05, 0.1) is 5.69 Å². The van der Waals surface area contributed by atoms with Gasteiger partial charge in [0, 0.05) is 11.4 Å². The molecular formula is C20H21N3O2. The molecule has 3 aliphatic rings. The van der Waals surface area contributed by atoms with Crippen molar-refractivity contribution in [2.75, 3.05) is 23.7 Å². The van der Waals surface area contributed by atoms with Crippen molar-refractivity contribution in [3.8, 4) is 5.75 Å². The Morgan fingerprint density at radius 2 is 2.00 bits per heavy atom. The highest BCUT2D eigenvalue weighted by Gasteiger charge is 2.26. The topological polar surface area (TPSA) is 62.4 Å². The summed E-state index contributed by atoms with van der Waals surface area (Å²) in [5, 5.41) is 9.63. The summed E-state index contributed by atoms with van der Waals surface area (Å²) in [5.74, 6) is 1.01. The Morgan fingerprint density at radius 1 is 1.12 bits per heavy atom. The number of piperidine rings is 1. The Balaban J connectivity index is 1.55. The lowest BCUT2D eigenvalue weighted by Gasteiger charge is -2.25. The number of hydrogen-bond acceptors (Lipinski definition) is 4. The number of rotatable bonds is 2. The number of fused-ring (bicyclic) bond motifs is 1. The van der Waals surface area contributed by atoms with E-state index in [0.717, 1.165) is 49.3 Å². The fourth-order valence-electron chi connectivity index (χ4n) is 3.16. The van der Waals surface area contributed by atoms with Crippen LogP contribution in [0.3, 0.4) is 0 Å². The maximum atomic E-state index is 12.4. The van der Waals surface area contributed by atoms with Gasteiger partial charge in [-0.2, -0.15) is 0 Å². The van der Waals surface area contributed by atoms with E-state index in [9.17, 15) is 4.79 Å². The van der Waals surface area contributed by atoms with Crippen molar-refractivity contribution in [3.05, 3.63) is 65.6 Å². The number of benzene rings is 1. The van der Waals surface area contributed by atoms with E-state index in [0.29, 0.717) is 17.2 Å². The van der Waals surface area contributed by atoms with Gasteiger partial charge in [0.15, 0.2) is 11.5 Å². The van der Waals surface area contributed by atoms with Crippen molar-refractivity contribution in [2.45, 2.75) is 19.3 Å². The second kappa shape index (κ2) is 6.99. The fraction of sp³-hybridized carbons (Fsp3) is 0.250. The Bertz CT molecular complexity index is 810. The largest absolute Gasteiger partial charge is 0.449 e. The normalized spacial score (nSPS) is 19.5. The van der Waals surface area contributed by atoms with E-state index in [2.05, 4.69) is 28.1 Å². The summed E-state index contributed by atoms with van der Waals surface area (Å²) in [6.07, 6.45) is 12.9. The molecule has 128 valence electrons. The molecule has 3 N–H and O–H groups in total. The third-order valence-corrected chi connectivity index (χ3v) is 4.46. The number of hydrogen-bond donors (Lipinski definition) is 3. The van der Waals surface area contributed by atoms with Crippen LogP contribution in [0.15, 0.2) is 65.6 Å². The van der Waals surface area contributed by atoms with Crippen LogP contribution in [0.1, 0.15) is 19.3 Å². The highest BCUT2D eigenvalue weighted by molar-refractivity contribution is 6.06. The zero-order valence-corrected chi connectivity index (χ0v) is 14.0. The minimum Gasteiger partial charge on any atom is -0.449 e. The van der Waals surface area contributed by atoms with E-state index in [4.69, 9.17) is 4.74 Å². The zero-order chi connectivity index (χ0) is 17.1. The molecule has 0 bridgehead atoms. The zero-order valence-electron chi connectivity index (χ0n) is 14.0. The van der Waals surface area contributed by atoms with Crippen LogP contribution >= 0.6 is 0 Å². The lowest BCUT2D eigenvalue weighted by molar-refractivity contribution is -0.115. The molecule has 2 heterocycles. The molecule has 4 rings (SSSR count). The quantitative estimate of drug-likeness (QED) is 0.724. The molecule has 1 aliphatic carbocycles. The van der Waals surface area contributed by atoms with Crippen molar-refractivity contribution < 1.29 is 9.53 Å². The van der Waals surface area contributed by atoms with Crippen LogP contribution in [0, 0.1) is 0 Å². The minimum atomic E-state index is -0.153. The summed E-state index contributed by atoms with van der Waals surface area (Å²) >= 11 is 0. The summed E-state index contributed by atoms with van der Waals surface area (Å²) in [7, 11) is 0. The number of ether oxygens (including phenoxy) is 1. The second-order valence-electron chi connectivity index (χ2n) is 6.26. The minimum absolute atomic E-state index is 0.153. The number of amides is 1. The number of anilines is 2. The Kier molecular flexibility index (Phi) is 4.39. The molecule has 1 saturated heterocycles. The average molecular weight is 335 g/mol. The molecule has 1 amide bonds. The van der Waals surface area contributed by atoms with Gasteiger partial charge in [-0.05, 0) is 62.2 Å². The first-order valence-corrected chi connectivity index (χ1v) is 8.66. The highest BCUT2D eigenvalue weighted by Crippen LogP contribution is 2.35. The molecule has 5 heteroatoms. The summed E-state index contributed by atoms with van der Waals surface area (Å²) < 4.78 is 5.92. The molecule has 0 aromatic heterocycles. The first-order valence-electron chi connectivity index (χ1n) is 8.66. The standard InChI is InChI=1S/C20H21N3O2/c24-20-19(14-9-11-21-12-10-14)25-18-8-7-16(13-17(18)23-20)22-15-5-3-1-2-4-6-15/h1-3,5-8,13,21-22H,4,9-12H2,(H,23,24). The molecule has 0 spiro atoms. The van der Waals surface area contributed by atoms with Gasteiger partial charge in [-0.25, -0.2) is 0 Å². The second-order valence-corrected chi connectivity index (χ2v) is 6.26. The van der Waals surface area contributed by atoms with E-state index in [-0.39, 0.29) is 5.91 Å². The van der Waals surface area contributed by atoms with Crippen molar-refractivity contribution >= 4 is 17.3 Å². The van der Waals surface area contributed by atoms with Gasteiger partial charge < -0.3 is 20.7 Å². The van der Waals surface area contributed by atoms with Gasteiger partial charge in [0.25, 0.3) is 5.91 Å². The Morgan fingerprint density at radius 3 is 2.88 bits per heavy atom. The van der Waals surface area contributed by atoms with Gasteiger partial charge in [-0.15, -0.1) is 0 Å². The van der Waals surface area contributed by atoms with Crippen molar-refractivity contribution in [2.24, 2.45) is 0 Å². The first kappa shape index (κ1) is 15.7. The Hall–Kier alpha value is -2.79. The van der Waals surface area contributed by atoms with Gasteiger partial charge in [0.1, 0.15) is 0 Å². The molecule has 1 aromatic carbocycles. The lowest BCUT2D eigenvalue weighted by Crippen LogP contribution is -2.30. The SMILES string of the molecule is O=C1Nc2cc(NC3=CCC=CC=C3)ccc2OC1=C1CCNCC1. The maximum Gasteiger partial charge on any atom is 0.291 e. The van der Waals surface area contributed by atoms with E-state index >= 15 is 0 Å². The fourth-order valence-corrected chi connectivity index (χ4v) is 3.16. The maximum absolute atomic E-state index is 12.4. The third kappa shape index (κ3) is 3.51. The van der Waals surface area contributed by atoms with Gasteiger partial charge in [-0.3, -0.25) is 4.79 Å².